The largest absolute Gasteiger partial charge is 0.467 e. The summed E-state index contributed by atoms with van der Waals surface area (Å²) in [5, 5.41) is 2.84. The summed E-state index contributed by atoms with van der Waals surface area (Å²) in [5.41, 5.74) is 6.08. The molecule has 0 saturated heterocycles. The minimum absolute atomic E-state index is 0.0594. The topological polar surface area (TPSA) is 64.3 Å². The number of ether oxygens (including phenoxy) is 1. The predicted molar refractivity (Wildman–Crippen MR) is 84.3 cm³/mol. The number of hydrogen-bond acceptors (Lipinski definition) is 4. The van der Waals surface area contributed by atoms with E-state index in [1.165, 1.54) is 13.2 Å². The first kappa shape index (κ1) is 16.8. The molecule has 0 radical (unpaired) electrons. The average molecular weight is 363 g/mol. The quantitative estimate of drug-likeness (QED) is 0.622. The van der Waals surface area contributed by atoms with Crippen molar-refractivity contribution in [2.45, 2.75) is 19.9 Å². The first-order valence-electron chi connectivity index (χ1n) is 5.91. The van der Waals surface area contributed by atoms with Gasteiger partial charge >= 0.3 is 5.97 Å². The minimum atomic E-state index is -0.642. The van der Waals surface area contributed by atoms with Crippen molar-refractivity contribution < 1.29 is 13.9 Å². The van der Waals surface area contributed by atoms with E-state index in [0.29, 0.717) is 5.56 Å². The Morgan fingerprint density at radius 1 is 1.50 bits per heavy atom. The summed E-state index contributed by atoms with van der Waals surface area (Å²) >= 11 is 7.94. The number of carbonyl (C=O) groups excluding carboxylic acids is 1. The smallest absolute Gasteiger partial charge is 0.328 e. The molecule has 0 aromatic heterocycles. The molecule has 1 rings (SSSR count). The van der Waals surface area contributed by atoms with Crippen molar-refractivity contribution in [3.63, 3.8) is 0 Å². The summed E-state index contributed by atoms with van der Waals surface area (Å²) < 4.78 is 19.1. The van der Waals surface area contributed by atoms with Gasteiger partial charge in [-0.15, -0.1) is 0 Å². The molecule has 1 aromatic rings. The van der Waals surface area contributed by atoms with E-state index in [-0.39, 0.29) is 21.1 Å². The highest BCUT2D eigenvalue weighted by Crippen LogP contribution is 2.28. The number of nitrogens with one attached hydrogen (secondary N) is 1. The standard InChI is InChI=1S/C13H16BrFN2O2S/c1-6(2)11(13(18)19-3)17-8-5-4-7(12(16)20)9(14)10(8)15/h4-6,11,17H,1-3H3,(H2,16,20). The van der Waals surface area contributed by atoms with Crippen LogP contribution in [0.2, 0.25) is 0 Å². The van der Waals surface area contributed by atoms with Crippen LogP contribution in [-0.2, 0) is 9.53 Å². The van der Waals surface area contributed by atoms with Crippen LogP contribution < -0.4 is 11.1 Å². The zero-order chi connectivity index (χ0) is 15.4. The summed E-state index contributed by atoms with van der Waals surface area (Å²) in [4.78, 5) is 11.8. The molecular formula is C13H16BrFN2O2S. The van der Waals surface area contributed by atoms with Crippen molar-refractivity contribution in [3.8, 4) is 0 Å². The maximum atomic E-state index is 14.2. The van der Waals surface area contributed by atoms with Gasteiger partial charge in [-0.1, -0.05) is 26.1 Å². The molecule has 7 heteroatoms. The maximum absolute atomic E-state index is 14.2. The fraction of sp³-hybridized carbons (Fsp3) is 0.385. The second kappa shape index (κ2) is 6.99. The normalized spacial score (nSPS) is 12.1. The van der Waals surface area contributed by atoms with Crippen LogP contribution in [0.1, 0.15) is 19.4 Å². The Kier molecular flexibility index (Phi) is 5.88. The van der Waals surface area contributed by atoms with Crippen molar-refractivity contribution in [1.29, 1.82) is 0 Å². The van der Waals surface area contributed by atoms with E-state index in [1.54, 1.807) is 6.07 Å². The Bertz CT molecular complexity index is 537. The second-order valence-corrected chi connectivity index (χ2v) is 5.77. The van der Waals surface area contributed by atoms with Crippen molar-refractivity contribution in [3.05, 3.63) is 28.0 Å². The fourth-order valence-electron chi connectivity index (χ4n) is 1.64. The third kappa shape index (κ3) is 3.67. The molecule has 0 heterocycles. The highest BCUT2D eigenvalue weighted by atomic mass is 79.9. The Labute approximate surface area is 131 Å². The first-order valence-corrected chi connectivity index (χ1v) is 7.11. The fourth-order valence-corrected chi connectivity index (χ4v) is 2.50. The van der Waals surface area contributed by atoms with E-state index in [4.69, 9.17) is 22.7 Å². The molecule has 110 valence electrons. The monoisotopic (exact) mass is 362 g/mol. The summed E-state index contributed by atoms with van der Waals surface area (Å²) in [6.45, 7) is 3.68. The van der Waals surface area contributed by atoms with Gasteiger partial charge in [-0.05, 0) is 34.0 Å². The lowest BCUT2D eigenvalue weighted by Crippen LogP contribution is -2.35. The van der Waals surface area contributed by atoms with Gasteiger partial charge in [0.05, 0.1) is 17.3 Å². The van der Waals surface area contributed by atoms with Crippen molar-refractivity contribution in [2.24, 2.45) is 11.7 Å². The van der Waals surface area contributed by atoms with Crippen LogP contribution in [0.4, 0.5) is 10.1 Å². The predicted octanol–water partition coefficient (Wildman–Crippen LogP) is 2.83. The van der Waals surface area contributed by atoms with E-state index in [1.807, 2.05) is 13.8 Å². The molecule has 0 aliphatic heterocycles. The Morgan fingerprint density at radius 3 is 2.55 bits per heavy atom. The zero-order valence-corrected chi connectivity index (χ0v) is 13.8. The van der Waals surface area contributed by atoms with Crippen molar-refractivity contribution >= 4 is 44.8 Å². The molecule has 0 aliphatic carbocycles. The molecule has 0 aliphatic rings. The van der Waals surface area contributed by atoms with Crippen LogP contribution in [0.15, 0.2) is 16.6 Å². The van der Waals surface area contributed by atoms with Crippen LogP contribution in [0, 0.1) is 11.7 Å². The third-order valence-corrected chi connectivity index (χ3v) is 3.78. The second-order valence-electron chi connectivity index (χ2n) is 4.54. The lowest BCUT2D eigenvalue weighted by atomic mass is 10.0. The molecule has 0 fully saturated rings. The van der Waals surface area contributed by atoms with E-state index >= 15 is 0 Å². The number of halogens is 2. The number of anilines is 1. The molecular weight excluding hydrogens is 347 g/mol. The van der Waals surface area contributed by atoms with Gasteiger partial charge in [-0.2, -0.15) is 0 Å². The number of methoxy groups -OCH3 is 1. The molecule has 0 bridgehead atoms. The van der Waals surface area contributed by atoms with Gasteiger partial charge in [0.2, 0.25) is 0 Å². The van der Waals surface area contributed by atoms with Gasteiger partial charge in [0.15, 0.2) is 5.82 Å². The SMILES string of the molecule is COC(=O)C(Nc1ccc(C(N)=S)c(Br)c1F)C(C)C. The minimum Gasteiger partial charge on any atom is -0.467 e. The molecule has 1 atom stereocenters. The molecule has 0 saturated carbocycles. The molecule has 0 spiro atoms. The number of thiocarbonyl (C=S) groups is 1. The highest BCUT2D eigenvalue weighted by Gasteiger charge is 2.24. The zero-order valence-electron chi connectivity index (χ0n) is 11.4. The van der Waals surface area contributed by atoms with Gasteiger partial charge < -0.3 is 15.8 Å². The number of carbonyl (C=O) groups is 1. The van der Waals surface area contributed by atoms with Crippen LogP contribution in [-0.4, -0.2) is 24.1 Å². The highest BCUT2D eigenvalue weighted by molar-refractivity contribution is 9.10. The molecule has 1 aromatic carbocycles. The molecule has 3 N–H and O–H groups in total. The van der Waals surface area contributed by atoms with E-state index in [2.05, 4.69) is 21.2 Å². The van der Waals surface area contributed by atoms with Crippen LogP contribution in [0.25, 0.3) is 0 Å². The van der Waals surface area contributed by atoms with Gasteiger partial charge in [-0.25, -0.2) is 9.18 Å². The van der Waals surface area contributed by atoms with E-state index in [9.17, 15) is 9.18 Å². The lowest BCUT2D eigenvalue weighted by Gasteiger charge is -2.22. The van der Waals surface area contributed by atoms with Crippen LogP contribution in [0.3, 0.4) is 0 Å². The lowest BCUT2D eigenvalue weighted by molar-refractivity contribution is -0.142. The maximum Gasteiger partial charge on any atom is 0.328 e. The number of esters is 1. The van der Waals surface area contributed by atoms with E-state index in [0.717, 1.165) is 0 Å². The Morgan fingerprint density at radius 2 is 2.10 bits per heavy atom. The van der Waals surface area contributed by atoms with Gasteiger partial charge in [-0.3, -0.25) is 0 Å². The Balaban J connectivity index is 3.12. The molecule has 20 heavy (non-hydrogen) atoms. The van der Waals surface area contributed by atoms with Gasteiger partial charge in [0, 0.05) is 5.56 Å². The van der Waals surface area contributed by atoms with Crippen molar-refractivity contribution in [2.75, 3.05) is 12.4 Å². The number of rotatable bonds is 5. The van der Waals surface area contributed by atoms with Crippen LogP contribution in [0.5, 0.6) is 0 Å². The van der Waals surface area contributed by atoms with Crippen molar-refractivity contribution in [1.82, 2.24) is 0 Å². The number of benzene rings is 1. The summed E-state index contributed by atoms with van der Waals surface area (Å²) in [7, 11) is 1.29. The molecule has 4 nitrogen and oxygen atoms in total. The first-order chi connectivity index (χ1) is 9.29. The summed E-state index contributed by atoms with van der Waals surface area (Å²) in [6, 6.07) is 2.44. The van der Waals surface area contributed by atoms with Gasteiger partial charge in [0.25, 0.3) is 0 Å². The molecule has 1 unspecified atom stereocenters. The van der Waals surface area contributed by atoms with Gasteiger partial charge in [0.1, 0.15) is 11.0 Å². The number of hydrogen-bond donors (Lipinski definition) is 2. The Hall–Kier alpha value is -1.21. The summed E-state index contributed by atoms with van der Waals surface area (Å²) in [6.07, 6.45) is 0. The van der Waals surface area contributed by atoms with Crippen LogP contribution >= 0.6 is 28.1 Å². The summed E-state index contributed by atoms with van der Waals surface area (Å²) in [5.74, 6) is -1.06. The average Bonchev–Trinajstić information content (AvgIpc) is 2.38. The number of nitrogens with two attached hydrogens (primary N) is 1. The third-order valence-electron chi connectivity index (χ3n) is 2.78. The molecule has 0 amide bonds. The van der Waals surface area contributed by atoms with E-state index < -0.39 is 17.8 Å².